The van der Waals surface area contributed by atoms with Gasteiger partial charge in [-0.25, -0.2) is 0 Å². The Morgan fingerprint density at radius 2 is 1.68 bits per heavy atom. The molecule has 0 aromatic heterocycles. The van der Waals surface area contributed by atoms with Crippen LogP contribution in [0.15, 0.2) is 29.3 Å². The predicted octanol–water partition coefficient (Wildman–Crippen LogP) is 3.68. The zero-order valence-electron chi connectivity index (χ0n) is 16.6. The number of guanidine groups is 1. The quantitative estimate of drug-likeness (QED) is 0.301. The minimum Gasteiger partial charge on any atom is -0.357 e. The molecule has 0 bridgehead atoms. The van der Waals surface area contributed by atoms with Gasteiger partial charge in [-0.05, 0) is 44.9 Å². The number of rotatable bonds is 9. The van der Waals surface area contributed by atoms with Crippen molar-refractivity contribution >= 4 is 35.8 Å². The Bertz CT molecular complexity index is 602. The van der Waals surface area contributed by atoms with Crippen molar-refractivity contribution in [2.45, 2.75) is 39.8 Å². The molecule has 0 atom stereocenters. The molecule has 0 saturated heterocycles. The molecule has 0 aliphatic carbocycles. The maximum atomic E-state index is 12.6. The number of nitrogens with one attached hydrogen (secondary N) is 2. The highest BCUT2D eigenvalue weighted by Gasteiger charge is 2.29. The number of carbonyl (C=O) groups excluding carboxylic acids is 1. The van der Waals surface area contributed by atoms with Crippen molar-refractivity contribution < 1.29 is 18.0 Å². The largest absolute Gasteiger partial charge is 0.416 e. The average molecular weight is 514 g/mol. The monoisotopic (exact) mass is 514 g/mol. The summed E-state index contributed by atoms with van der Waals surface area (Å²) in [6, 6.07) is 5.15. The van der Waals surface area contributed by atoms with E-state index in [4.69, 9.17) is 0 Å². The van der Waals surface area contributed by atoms with Gasteiger partial charge >= 0.3 is 6.18 Å². The maximum absolute atomic E-state index is 12.6. The fraction of sp³-hybridized carbons (Fsp3) is 0.579. The topological polar surface area (TPSA) is 56.7 Å². The molecule has 160 valence electrons. The van der Waals surface area contributed by atoms with E-state index in [0.29, 0.717) is 51.5 Å². The number of hydrogen-bond donors (Lipinski definition) is 2. The van der Waals surface area contributed by atoms with Gasteiger partial charge in [-0.1, -0.05) is 12.1 Å². The molecule has 1 amide bonds. The third-order valence-corrected chi connectivity index (χ3v) is 4.04. The van der Waals surface area contributed by atoms with Crippen molar-refractivity contribution in [2.75, 3.05) is 32.7 Å². The first-order valence-corrected chi connectivity index (χ1v) is 9.27. The van der Waals surface area contributed by atoms with Crippen LogP contribution in [0.3, 0.4) is 0 Å². The second-order valence-electron chi connectivity index (χ2n) is 5.95. The molecule has 9 heteroatoms. The first kappa shape index (κ1) is 26.5. The van der Waals surface area contributed by atoms with Gasteiger partial charge in [-0.3, -0.25) is 9.79 Å². The van der Waals surface area contributed by atoms with Gasteiger partial charge in [-0.2, -0.15) is 13.2 Å². The molecule has 0 saturated carbocycles. The second-order valence-corrected chi connectivity index (χ2v) is 5.95. The SMILES string of the molecule is CCNC(=NCCC(=O)N(CC)CC)NCCc1ccc(C(F)(F)F)cc1.I. The van der Waals surface area contributed by atoms with Crippen LogP contribution in [-0.4, -0.2) is 49.5 Å². The zero-order valence-corrected chi connectivity index (χ0v) is 18.9. The summed E-state index contributed by atoms with van der Waals surface area (Å²) in [7, 11) is 0. The van der Waals surface area contributed by atoms with Crippen LogP contribution in [0.4, 0.5) is 13.2 Å². The van der Waals surface area contributed by atoms with Crippen LogP contribution in [-0.2, 0) is 17.4 Å². The molecule has 0 radical (unpaired) electrons. The first-order valence-electron chi connectivity index (χ1n) is 9.27. The Labute approximate surface area is 182 Å². The van der Waals surface area contributed by atoms with Crippen molar-refractivity contribution in [2.24, 2.45) is 4.99 Å². The molecule has 0 unspecified atom stereocenters. The molecule has 1 aromatic carbocycles. The molecule has 5 nitrogen and oxygen atoms in total. The van der Waals surface area contributed by atoms with Gasteiger partial charge < -0.3 is 15.5 Å². The smallest absolute Gasteiger partial charge is 0.357 e. The molecule has 0 fully saturated rings. The lowest BCUT2D eigenvalue weighted by molar-refractivity contribution is -0.137. The van der Waals surface area contributed by atoms with E-state index >= 15 is 0 Å². The highest BCUT2D eigenvalue weighted by atomic mass is 127. The standard InChI is InChI=1S/C19H29F3N4O.HI/c1-4-23-18(25-14-12-17(27)26(5-2)6-3)24-13-11-15-7-9-16(10-8-15)19(20,21)22;/h7-10H,4-6,11-14H2,1-3H3,(H2,23,24,25);1H. The van der Waals surface area contributed by atoms with E-state index in [-0.39, 0.29) is 29.9 Å². The Morgan fingerprint density at radius 3 is 2.18 bits per heavy atom. The van der Waals surface area contributed by atoms with Crippen LogP contribution in [0.5, 0.6) is 0 Å². The van der Waals surface area contributed by atoms with Crippen LogP contribution < -0.4 is 10.6 Å². The summed E-state index contributed by atoms with van der Waals surface area (Å²) < 4.78 is 37.7. The van der Waals surface area contributed by atoms with Crippen molar-refractivity contribution in [3.63, 3.8) is 0 Å². The summed E-state index contributed by atoms with van der Waals surface area (Å²) in [6.07, 6.45) is -3.40. The van der Waals surface area contributed by atoms with E-state index in [1.807, 2.05) is 20.8 Å². The lowest BCUT2D eigenvalue weighted by atomic mass is 10.1. The number of alkyl halides is 3. The molecule has 28 heavy (non-hydrogen) atoms. The first-order chi connectivity index (χ1) is 12.8. The molecule has 1 aromatic rings. The summed E-state index contributed by atoms with van der Waals surface area (Å²) in [4.78, 5) is 18.1. The van der Waals surface area contributed by atoms with E-state index in [9.17, 15) is 18.0 Å². The molecule has 0 spiro atoms. The Morgan fingerprint density at radius 1 is 1.07 bits per heavy atom. The van der Waals surface area contributed by atoms with Crippen LogP contribution in [0, 0.1) is 0 Å². The van der Waals surface area contributed by atoms with E-state index < -0.39 is 11.7 Å². The van der Waals surface area contributed by atoms with Crippen LogP contribution in [0.25, 0.3) is 0 Å². The maximum Gasteiger partial charge on any atom is 0.416 e. The van der Waals surface area contributed by atoms with E-state index in [2.05, 4.69) is 15.6 Å². The summed E-state index contributed by atoms with van der Waals surface area (Å²) in [5.74, 6) is 0.668. The second kappa shape index (κ2) is 13.6. The Kier molecular flexibility index (Phi) is 12.9. The summed E-state index contributed by atoms with van der Waals surface area (Å²) in [5, 5.41) is 6.23. The summed E-state index contributed by atoms with van der Waals surface area (Å²) >= 11 is 0. The fourth-order valence-corrected chi connectivity index (χ4v) is 2.53. The lowest BCUT2D eigenvalue weighted by Crippen LogP contribution is -2.38. The summed E-state index contributed by atoms with van der Waals surface area (Å²) in [6.45, 7) is 8.78. The number of nitrogens with zero attached hydrogens (tertiary/aromatic N) is 2. The highest BCUT2D eigenvalue weighted by Crippen LogP contribution is 2.29. The number of benzene rings is 1. The van der Waals surface area contributed by atoms with Crippen LogP contribution in [0.2, 0.25) is 0 Å². The lowest BCUT2D eigenvalue weighted by Gasteiger charge is -2.18. The van der Waals surface area contributed by atoms with E-state index in [1.165, 1.54) is 12.1 Å². The average Bonchev–Trinajstić information content (AvgIpc) is 2.62. The molecule has 1 rings (SSSR count). The Balaban J connectivity index is 0.00000729. The van der Waals surface area contributed by atoms with E-state index in [1.54, 1.807) is 4.90 Å². The third kappa shape index (κ3) is 9.61. The minimum absolute atomic E-state index is 0. The number of carbonyl (C=O) groups is 1. The number of halogens is 4. The van der Waals surface area contributed by atoms with Crippen LogP contribution in [0.1, 0.15) is 38.3 Å². The molecule has 2 N–H and O–H groups in total. The van der Waals surface area contributed by atoms with Gasteiger partial charge in [0, 0.05) is 32.6 Å². The molecular formula is C19H30F3IN4O. The molecule has 0 aliphatic rings. The third-order valence-electron chi connectivity index (χ3n) is 4.04. The van der Waals surface area contributed by atoms with Gasteiger partial charge in [0.15, 0.2) is 5.96 Å². The van der Waals surface area contributed by atoms with Crippen molar-refractivity contribution in [3.05, 3.63) is 35.4 Å². The van der Waals surface area contributed by atoms with Gasteiger partial charge in [-0.15, -0.1) is 24.0 Å². The van der Waals surface area contributed by atoms with E-state index in [0.717, 1.165) is 17.7 Å². The molecular weight excluding hydrogens is 484 g/mol. The fourth-order valence-electron chi connectivity index (χ4n) is 2.53. The number of aliphatic imine (C=N–C) groups is 1. The Hall–Kier alpha value is -1.52. The highest BCUT2D eigenvalue weighted by molar-refractivity contribution is 14.0. The molecule has 0 heterocycles. The van der Waals surface area contributed by atoms with Gasteiger partial charge in [0.1, 0.15) is 0 Å². The minimum atomic E-state index is -4.32. The van der Waals surface area contributed by atoms with Crippen molar-refractivity contribution in [1.82, 2.24) is 15.5 Å². The van der Waals surface area contributed by atoms with Gasteiger partial charge in [0.2, 0.25) is 5.91 Å². The van der Waals surface area contributed by atoms with Crippen molar-refractivity contribution in [3.8, 4) is 0 Å². The van der Waals surface area contributed by atoms with Crippen LogP contribution >= 0.6 is 24.0 Å². The van der Waals surface area contributed by atoms with Crippen molar-refractivity contribution in [1.29, 1.82) is 0 Å². The predicted molar refractivity (Wildman–Crippen MR) is 117 cm³/mol. The zero-order chi connectivity index (χ0) is 20.3. The molecule has 0 aliphatic heterocycles. The number of hydrogen-bond acceptors (Lipinski definition) is 2. The summed E-state index contributed by atoms with van der Waals surface area (Å²) in [5.41, 5.74) is 0.162. The number of amides is 1. The van der Waals surface area contributed by atoms with Gasteiger partial charge in [0.05, 0.1) is 12.1 Å². The van der Waals surface area contributed by atoms with Gasteiger partial charge in [0.25, 0.3) is 0 Å². The normalized spacial score (nSPS) is 11.6.